The number of benzene rings is 1. The molecule has 86 valence electrons. The molecule has 1 aromatic carbocycles. The molecule has 1 amide bonds. The van der Waals surface area contributed by atoms with Crippen LogP contribution < -0.4 is 11.1 Å². The first-order chi connectivity index (χ1) is 7.63. The van der Waals surface area contributed by atoms with Gasteiger partial charge in [0.25, 0.3) is 0 Å². The molecular formula is C13H18N2O. The summed E-state index contributed by atoms with van der Waals surface area (Å²) in [6.07, 6.45) is 2.94. The minimum atomic E-state index is 0.0120. The van der Waals surface area contributed by atoms with Crippen LogP contribution in [0.5, 0.6) is 0 Å². The first kappa shape index (κ1) is 12.3. The number of nitrogen functional groups attached to an aromatic ring is 1. The molecule has 0 heterocycles. The average molecular weight is 218 g/mol. The lowest BCUT2D eigenvalue weighted by atomic mass is 10.1. The first-order valence-corrected chi connectivity index (χ1v) is 5.39. The summed E-state index contributed by atoms with van der Waals surface area (Å²) in [5.41, 5.74) is 7.38. The number of hydrogen-bond donors (Lipinski definition) is 2. The zero-order valence-electron chi connectivity index (χ0n) is 9.57. The maximum absolute atomic E-state index is 11.5. The van der Waals surface area contributed by atoms with Crippen molar-refractivity contribution in [1.82, 2.24) is 5.32 Å². The van der Waals surface area contributed by atoms with Crippen LogP contribution >= 0.6 is 0 Å². The summed E-state index contributed by atoms with van der Waals surface area (Å²) < 4.78 is 0. The fourth-order valence-electron chi connectivity index (χ4n) is 1.41. The van der Waals surface area contributed by atoms with Crippen molar-refractivity contribution < 1.29 is 4.79 Å². The van der Waals surface area contributed by atoms with E-state index in [1.807, 2.05) is 31.2 Å². The molecule has 3 N–H and O–H groups in total. The van der Waals surface area contributed by atoms with Crippen LogP contribution in [0.25, 0.3) is 0 Å². The van der Waals surface area contributed by atoms with E-state index in [1.165, 1.54) is 0 Å². The van der Waals surface area contributed by atoms with Gasteiger partial charge in [-0.05, 0) is 31.0 Å². The summed E-state index contributed by atoms with van der Waals surface area (Å²) in [5.74, 6) is 0.0456. The second kappa shape index (κ2) is 5.95. The van der Waals surface area contributed by atoms with Gasteiger partial charge in [-0.2, -0.15) is 0 Å². The zero-order chi connectivity index (χ0) is 12.0. The Morgan fingerprint density at radius 1 is 1.50 bits per heavy atom. The zero-order valence-corrected chi connectivity index (χ0v) is 9.57. The number of hydrogen-bond acceptors (Lipinski definition) is 2. The van der Waals surface area contributed by atoms with E-state index < -0.39 is 0 Å². The molecule has 3 nitrogen and oxygen atoms in total. The maximum atomic E-state index is 11.5. The van der Waals surface area contributed by atoms with Crippen LogP contribution in [-0.2, 0) is 4.79 Å². The molecule has 0 aliphatic heterocycles. The Morgan fingerprint density at radius 2 is 2.12 bits per heavy atom. The Labute approximate surface area is 96.3 Å². The lowest BCUT2D eigenvalue weighted by molar-refractivity contribution is -0.121. The molecule has 0 aliphatic rings. The van der Waals surface area contributed by atoms with E-state index in [2.05, 4.69) is 11.9 Å². The SMILES string of the molecule is C=CCCC(=O)NC(C)c1ccc(N)cc1. The number of amides is 1. The molecule has 1 aromatic rings. The molecule has 0 saturated heterocycles. The van der Waals surface area contributed by atoms with Gasteiger partial charge in [0.2, 0.25) is 5.91 Å². The van der Waals surface area contributed by atoms with Crippen molar-refractivity contribution in [2.45, 2.75) is 25.8 Å². The van der Waals surface area contributed by atoms with Gasteiger partial charge in [-0.3, -0.25) is 4.79 Å². The number of rotatable bonds is 5. The Morgan fingerprint density at radius 3 is 2.69 bits per heavy atom. The smallest absolute Gasteiger partial charge is 0.220 e. The second-order valence-electron chi connectivity index (χ2n) is 3.78. The topological polar surface area (TPSA) is 55.1 Å². The van der Waals surface area contributed by atoms with E-state index in [9.17, 15) is 4.79 Å². The number of nitrogens with one attached hydrogen (secondary N) is 1. The molecule has 0 aromatic heterocycles. The molecule has 0 bridgehead atoms. The van der Waals surface area contributed by atoms with Gasteiger partial charge >= 0.3 is 0 Å². The molecule has 0 saturated carbocycles. The van der Waals surface area contributed by atoms with Gasteiger partial charge in [0.15, 0.2) is 0 Å². The fourth-order valence-corrected chi connectivity index (χ4v) is 1.41. The van der Waals surface area contributed by atoms with Crippen molar-refractivity contribution in [3.63, 3.8) is 0 Å². The van der Waals surface area contributed by atoms with Gasteiger partial charge in [0, 0.05) is 12.1 Å². The monoisotopic (exact) mass is 218 g/mol. The van der Waals surface area contributed by atoms with Crippen LogP contribution in [0.2, 0.25) is 0 Å². The van der Waals surface area contributed by atoms with Gasteiger partial charge in [-0.25, -0.2) is 0 Å². The highest BCUT2D eigenvalue weighted by atomic mass is 16.1. The molecule has 3 heteroatoms. The van der Waals surface area contributed by atoms with E-state index >= 15 is 0 Å². The summed E-state index contributed by atoms with van der Waals surface area (Å²) in [6.45, 7) is 5.54. The summed E-state index contributed by atoms with van der Waals surface area (Å²) >= 11 is 0. The standard InChI is InChI=1S/C13H18N2O/c1-3-4-5-13(16)15-10(2)11-6-8-12(14)9-7-11/h3,6-10H,1,4-5,14H2,2H3,(H,15,16). The summed E-state index contributed by atoms with van der Waals surface area (Å²) in [6, 6.07) is 7.53. The number of carbonyl (C=O) groups is 1. The van der Waals surface area contributed by atoms with Crippen LogP contribution in [-0.4, -0.2) is 5.91 Å². The summed E-state index contributed by atoms with van der Waals surface area (Å²) in [4.78, 5) is 11.5. The minimum Gasteiger partial charge on any atom is -0.399 e. The molecule has 1 atom stereocenters. The van der Waals surface area contributed by atoms with Crippen molar-refractivity contribution in [2.24, 2.45) is 0 Å². The Hall–Kier alpha value is -1.77. The van der Waals surface area contributed by atoms with Gasteiger partial charge in [0.1, 0.15) is 0 Å². The van der Waals surface area contributed by atoms with E-state index in [1.54, 1.807) is 6.08 Å². The highest BCUT2D eigenvalue weighted by Gasteiger charge is 2.08. The maximum Gasteiger partial charge on any atom is 0.220 e. The van der Waals surface area contributed by atoms with Crippen molar-refractivity contribution in [2.75, 3.05) is 5.73 Å². The summed E-state index contributed by atoms with van der Waals surface area (Å²) in [7, 11) is 0. The van der Waals surface area contributed by atoms with E-state index in [4.69, 9.17) is 5.73 Å². The molecule has 1 rings (SSSR count). The third kappa shape index (κ3) is 3.77. The van der Waals surface area contributed by atoms with Crippen LogP contribution in [0.3, 0.4) is 0 Å². The number of carbonyl (C=O) groups excluding carboxylic acids is 1. The second-order valence-corrected chi connectivity index (χ2v) is 3.78. The predicted molar refractivity (Wildman–Crippen MR) is 66.8 cm³/mol. The fraction of sp³-hybridized carbons (Fsp3) is 0.308. The van der Waals surface area contributed by atoms with Crippen molar-refractivity contribution in [3.8, 4) is 0 Å². The Balaban J connectivity index is 2.51. The van der Waals surface area contributed by atoms with E-state index in [0.29, 0.717) is 12.8 Å². The third-order valence-electron chi connectivity index (χ3n) is 2.39. The van der Waals surface area contributed by atoms with Crippen molar-refractivity contribution >= 4 is 11.6 Å². The van der Waals surface area contributed by atoms with Crippen LogP contribution in [0, 0.1) is 0 Å². The summed E-state index contributed by atoms with van der Waals surface area (Å²) in [5, 5.41) is 2.92. The quantitative estimate of drug-likeness (QED) is 0.589. The van der Waals surface area contributed by atoms with E-state index in [0.717, 1.165) is 11.3 Å². The lowest BCUT2D eigenvalue weighted by Crippen LogP contribution is -2.26. The highest BCUT2D eigenvalue weighted by Crippen LogP contribution is 2.14. The molecule has 0 fully saturated rings. The molecule has 0 aliphatic carbocycles. The number of nitrogens with two attached hydrogens (primary N) is 1. The lowest BCUT2D eigenvalue weighted by Gasteiger charge is -2.14. The molecule has 16 heavy (non-hydrogen) atoms. The predicted octanol–water partition coefficient (Wildman–Crippen LogP) is 2.41. The molecule has 0 spiro atoms. The normalized spacial score (nSPS) is 11.8. The average Bonchev–Trinajstić information content (AvgIpc) is 2.27. The Kier molecular flexibility index (Phi) is 4.58. The van der Waals surface area contributed by atoms with Gasteiger partial charge in [-0.1, -0.05) is 18.2 Å². The molecular weight excluding hydrogens is 200 g/mol. The van der Waals surface area contributed by atoms with Crippen molar-refractivity contribution in [1.29, 1.82) is 0 Å². The minimum absolute atomic E-state index is 0.0120. The third-order valence-corrected chi connectivity index (χ3v) is 2.39. The molecule has 0 radical (unpaired) electrons. The Bertz CT molecular complexity index is 357. The molecule has 1 unspecified atom stereocenters. The van der Waals surface area contributed by atoms with Gasteiger partial charge < -0.3 is 11.1 Å². The van der Waals surface area contributed by atoms with Gasteiger partial charge in [0.05, 0.1) is 6.04 Å². The highest BCUT2D eigenvalue weighted by molar-refractivity contribution is 5.76. The number of anilines is 1. The van der Waals surface area contributed by atoms with Crippen LogP contribution in [0.1, 0.15) is 31.4 Å². The van der Waals surface area contributed by atoms with Crippen molar-refractivity contribution in [3.05, 3.63) is 42.5 Å². The number of allylic oxidation sites excluding steroid dienone is 1. The van der Waals surface area contributed by atoms with Gasteiger partial charge in [-0.15, -0.1) is 6.58 Å². The largest absolute Gasteiger partial charge is 0.399 e. The first-order valence-electron chi connectivity index (χ1n) is 5.39. The van der Waals surface area contributed by atoms with E-state index in [-0.39, 0.29) is 11.9 Å². The van der Waals surface area contributed by atoms with Crippen LogP contribution in [0.15, 0.2) is 36.9 Å². The van der Waals surface area contributed by atoms with Crippen LogP contribution in [0.4, 0.5) is 5.69 Å².